The maximum atomic E-state index is 6.31. The summed E-state index contributed by atoms with van der Waals surface area (Å²) in [7, 11) is -14.6. The summed E-state index contributed by atoms with van der Waals surface area (Å²) < 4.78 is 47.9. The highest BCUT2D eigenvalue weighted by Crippen LogP contribution is 2.28. The molecule has 15 heteroatoms. The molecule has 2 aliphatic rings. The van der Waals surface area contributed by atoms with Gasteiger partial charge in [0, 0.05) is 13.1 Å². The Balaban J connectivity index is 2.03. The van der Waals surface area contributed by atoms with Crippen LogP contribution in [0.3, 0.4) is 0 Å². The van der Waals surface area contributed by atoms with Gasteiger partial charge in [-0.25, -0.2) is 0 Å². The monoisotopic (exact) mass is 448 g/mol. The van der Waals surface area contributed by atoms with Crippen LogP contribution < -0.4 is 0 Å². The molecule has 2 aliphatic heterocycles. The zero-order valence-electron chi connectivity index (χ0n) is 15.1. The van der Waals surface area contributed by atoms with Gasteiger partial charge in [0.2, 0.25) is 0 Å². The first kappa shape index (κ1) is 20.5. The van der Waals surface area contributed by atoms with Crippen LogP contribution in [0.2, 0.25) is 52.4 Å². The average molecular weight is 449 g/mol. The van der Waals surface area contributed by atoms with E-state index in [2.05, 4.69) is 0 Å². The molecule has 2 saturated heterocycles. The van der Waals surface area contributed by atoms with Crippen molar-refractivity contribution in [3.8, 4) is 0 Å². The van der Waals surface area contributed by atoms with Crippen molar-refractivity contribution < 1.29 is 32.9 Å². The zero-order valence-corrected chi connectivity index (χ0v) is 22.7. The third-order valence-corrected chi connectivity index (χ3v) is 28.3. The van der Waals surface area contributed by atoms with Crippen LogP contribution in [0.5, 0.6) is 0 Å². The molecule has 0 aliphatic carbocycles. The van der Waals surface area contributed by atoms with Crippen molar-refractivity contribution in [3.63, 3.8) is 0 Å². The smallest absolute Gasteiger partial charge is 0.420 e. The van der Waals surface area contributed by atoms with Crippen LogP contribution in [0.25, 0.3) is 0 Å². The van der Waals surface area contributed by atoms with Crippen molar-refractivity contribution >= 4 is 63.3 Å². The maximum absolute atomic E-state index is 6.31. The van der Waals surface area contributed by atoms with Gasteiger partial charge in [-0.1, -0.05) is 0 Å². The third kappa shape index (κ3) is 6.14. The van der Waals surface area contributed by atoms with Crippen molar-refractivity contribution in [2.24, 2.45) is 0 Å². The van der Waals surface area contributed by atoms with Crippen LogP contribution >= 0.6 is 0 Å². The molecule has 0 aromatic carbocycles. The topological polar surface area (TPSA) is 73.8 Å². The molecular weight excluding hydrogens is 421 g/mol. The molecule has 2 fully saturated rings. The van der Waals surface area contributed by atoms with Gasteiger partial charge in [-0.3, -0.25) is 0 Å². The van der Waals surface area contributed by atoms with Crippen LogP contribution in [0.1, 0.15) is 0 Å². The molecule has 0 aromatic rings. The SMILES string of the molecule is C[SiH]1O[SiH](C)O[Si](C)(O[Si](C)(C)O[Si]2(C)O[SiH](C)O[SiH](C)O2)O1. The molecule has 0 spiro atoms. The molecule has 0 aromatic heterocycles. The molecule has 4 atom stereocenters. The van der Waals surface area contributed by atoms with Crippen LogP contribution in [0.4, 0.5) is 0 Å². The van der Waals surface area contributed by atoms with Crippen LogP contribution in [0, 0.1) is 0 Å². The predicted molar refractivity (Wildman–Crippen MR) is 101 cm³/mol. The van der Waals surface area contributed by atoms with E-state index in [4.69, 9.17) is 32.9 Å². The largest absolute Gasteiger partial charge is 0.470 e. The molecule has 2 rings (SSSR count). The summed E-state index contributed by atoms with van der Waals surface area (Å²) in [4.78, 5) is 0. The van der Waals surface area contributed by atoms with Crippen molar-refractivity contribution in [3.05, 3.63) is 0 Å². The first-order valence-electron chi connectivity index (χ1n) is 7.83. The fraction of sp³-hybridized carbons (Fsp3) is 1.00. The van der Waals surface area contributed by atoms with Gasteiger partial charge in [0.15, 0.2) is 0 Å². The van der Waals surface area contributed by atoms with E-state index < -0.39 is 63.3 Å². The van der Waals surface area contributed by atoms with Crippen LogP contribution in [-0.4, -0.2) is 63.3 Å². The van der Waals surface area contributed by atoms with Crippen molar-refractivity contribution in [2.45, 2.75) is 52.4 Å². The van der Waals surface area contributed by atoms with Crippen molar-refractivity contribution in [1.82, 2.24) is 0 Å². The minimum Gasteiger partial charge on any atom is -0.420 e. The fourth-order valence-electron chi connectivity index (χ4n) is 2.92. The van der Waals surface area contributed by atoms with Crippen molar-refractivity contribution in [2.75, 3.05) is 0 Å². The summed E-state index contributed by atoms with van der Waals surface area (Å²) in [5.41, 5.74) is 0. The standard InChI is InChI=1S/C8H28O8Si7/c1-17-9-18(2)12-22(7,11-17)15-21(5,6)16-23(8)13-19(3)10-20(4)14-23/h17-20H,1-8H3. The van der Waals surface area contributed by atoms with Gasteiger partial charge < -0.3 is 32.9 Å². The highest BCUT2D eigenvalue weighted by molar-refractivity contribution is 6.89. The van der Waals surface area contributed by atoms with Gasteiger partial charge in [-0.15, -0.1) is 0 Å². The molecule has 0 N–H and O–H groups in total. The number of hydrogen-bond donors (Lipinski definition) is 0. The van der Waals surface area contributed by atoms with E-state index in [1.807, 2.05) is 52.4 Å². The Bertz CT molecular complexity index is 371. The number of hydrogen-bond acceptors (Lipinski definition) is 8. The Morgan fingerprint density at radius 2 is 0.913 bits per heavy atom. The summed E-state index contributed by atoms with van der Waals surface area (Å²) in [5, 5.41) is 0. The van der Waals surface area contributed by atoms with E-state index in [9.17, 15) is 0 Å². The van der Waals surface area contributed by atoms with Gasteiger partial charge in [0.1, 0.15) is 0 Å². The average Bonchev–Trinajstić information content (AvgIpc) is 2.19. The molecule has 8 nitrogen and oxygen atoms in total. The van der Waals surface area contributed by atoms with E-state index in [0.29, 0.717) is 0 Å². The summed E-state index contributed by atoms with van der Waals surface area (Å²) in [5.74, 6) is 0. The molecule has 0 saturated carbocycles. The molecule has 4 unspecified atom stereocenters. The number of rotatable bonds is 4. The summed E-state index contributed by atoms with van der Waals surface area (Å²) in [6, 6.07) is 0. The van der Waals surface area contributed by atoms with Crippen molar-refractivity contribution in [1.29, 1.82) is 0 Å². The second kappa shape index (κ2) is 7.44. The highest BCUT2D eigenvalue weighted by Gasteiger charge is 2.53. The Morgan fingerprint density at radius 3 is 1.17 bits per heavy atom. The molecule has 0 radical (unpaired) electrons. The lowest BCUT2D eigenvalue weighted by molar-refractivity contribution is 0.155. The molecular formula is C8H28O8Si7. The van der Waals surface area contributed by atoms with Crippen LogP contribution in [-0.2, 0) is 32.9 Å². The molecule has 136 valence electrons. The lowest BCUT2D eigenvalue weighted by Crippen LogP contribution is -2.65. The molecule has 0 amide bonds. The lowest BCUT2D eigenvalue weighted by atomic mass is 11.9. The Labute approximate surface area is 148 Å². The predicted octanol–water partition coefficient (Wildman–Crippen LogP) is 0.387. The zero-order chi connectivity index (χ0) is 17.5. The Morgan fingerprint density at radius 1 is 0.652 bits per heavy atom. The molecule has 2 heterocycles. The Kier molecular flexibility index (Phi) is 6.63. The Hall–Kier alpha value is 1.20. The van der Waals surface area contributed by atoms with Gasteiger partial charge >= 0.3 is 63.3 Å². The summed E-state index contributed by atoms with van der Waals surface area (Å²) in [6.07, 6.45) is 0. The minimum absolute atomic E-state index is 1.67. The fourth-order valence-corrected chi connectivity index (χ4v) is 31.4. The van der Waals surface area contributed by atoms with E-state index in [1.165, 1.54) is 0 Å². The molecule has 23 heavy (non-hydrogen) atoms. The third-order valence-electron chi connectivity index (χ3n) is 3.15. The molecule has 0 bridgehead atoms. The van der Waals surface area contributed by atoms with E-state index in [1.54, 1.807) is 0 Å². The highest BCUT2D eigenvalue weighted by atomic mass is 28.5. The van der Waals surface area contributed by atoms with E-state index >= 15 is 0 Å². The minimum atomic E-state index is -2.71. The summed E-state index contributed by atoms with van der Waals surface area (Å²) >= 11 is 0. The maximum Gasteiger partial charge on any atom is 0.470 e. The van der Waals surface area contributed by atoms with Gasteiger partial charge in [-0.2, -0.15) is 0 Å². The normalized spacial score (nSPS) is 45.9. The van der Waals surface area contributed by atoms with E-state index in [0.717, 1.165) is 0 Å². The lowest BCUT2D eigenvalue weighted by Gasteiger charge is -2.44. The summed E-state index contributed by atoms with van der Waals surface area (Å²) in [6.45, 7) is 15.9. The van der Waals surface area contributed by atoms with E-state index in [-0.39, 0.29) is 0 Å². The quantitative estimate of drug-likeness (QED) is 0.572. The second-order valence-electron chi connectivity index (χ2n) is 6.34. The first-order valence-corrected chi connectivity index (χ1v) is 23.5. The van der Waals surface area contributed by atoms with Gasteiger partial charge in [-0.05, 0) is 39.3 Å². The first-order chi connectivity index (χ1) is 10.4. The van der Waals surface area contributed by atoms with Crippen LogP contribution in [0.15, 0.2) is 0 Å². The van der Waals surface area contributed by atoms with Gasteiger partial charge in [0.25, 0.3) is 0 Å². The van der Waals surface area contributed by atoms with Gasteiger partial charge in [0.05, 0.1) is 0 Å². The second-order valence-corrected chi connectivity index (χ2v) is 24.7.